The lowest BCUT2D eigenvalue weighted by Gasteiger charge is -2.23. The molecule has 0 fully saturated rings. The number of hydrogen-bond acceptors (Lipinski definition) is 4. The van der Waals surface area contributed by atoms with Crippen LogP contribution in [-0.2, 0) is 4.79 Å². The van der Waals surface area contributed by atoms with E-state index in [0.29, 0.717) is 25.2 Å². The maximum Gasteiger partial charge on any atom is 0.305 e. The maximum atomic E-state index is 10.6. The van der Waals surface area contributed by atoms with Crippen molar-refractivity contribution in [3.63, 3.8) is 0 Å². The zero-order valence-electron chi connectivity index (χ0n) is 9.47. The number of benzene rings is 1. The number of nitriles is 1. The molecule has 0 aliphatic carbocycles. The van der Waals surface area contributed by atoms with Gasteiger partial charge in [-0.25, -0.2) is 0 Å². The van der Waals surface area contributed by atoms with Crippen molar-refractivity contribution in [3.05, 3.63) is 29.8 Å². The van der Waals surface area contributed by atoms with Gasteiger partial charge in [0.05, 0.1) is 18.1 Å². The molecule has 5 heteroatoms. The van der Waals surface area contributed by atoms with E-state index in [0.717, 1.165) is 5.69 Å². The highest BCUT2D eigenvalue weighted by molar-refractivity contribution is 5.67. The number of carboxylic acid groups (broad SMARTS) is 1. The van der Waals surface area contributed by atoms with Crippen molar-refractivity contribution >= 4 is 11.7 Å². The summed E-state index contributed by atoms with van der Waals surface area (Å²) in [5.41, 5.74) is 6.87. The van der Waals surface area contributed by atoms with E-state index in [9.17, 15) is 4.79 Å². The second-order valence-electron chi connectivity index (χ2n) is 3.58. The SMILES string of the molecule is N#Cc1cccc(N(CCN)CCC(=O)O)c1. The molecule has 0 unspecified atom stereocenters. The molecule has 17 heavy (non-hydrogen) atoms. The van der Waals surface area contributed by atoms with Crippen molar-refractivity contribution in [2.45, 2.75) is 6.42 Å². The van der Waals surface area contributed by atoms with Gasteiger partial charge in [-0.15, -0.1) is 0 Å². The Balaban J connectivity index is 2.81. The molecule has 1 aromatic carbocycles. The van der Waals surface area contributed by atoms with Crippen molar-refractivity contribution in [2.75, 3.05) is 24.5 Å². The summed E-state index contributed by atoms with van der Waals surface area (Å²) in [6.45, 7) is 1.40. The number of carbonyl (C=O) groups is 1. The van der Waals surface area contributed by atoms with Crippen LogP contribution in [0.3, 0.4) is 0 Å². The third kappa shape index (κ3) is 4.13. The van der Waals surface area contributed by atoms with Crippen molar-refractivity contribution in [3.8, 4) is 6.07 Å². The van der Waals surface area contributed by atoms with Crippen molar-refractivity contribution in [1.29, 1.82) is 5.26 Å². The monoisotopic (exact) mass is 233 g/mol. The minimum absolute atomic E-state index is 0.0524. The van der Waals surface area contributed by atoms with E-state index in [1.54, 1.807) is 18.2 Å². The Bertz CT molecular complexity index is 426. The van der Waals surface area contributed by atoms with Gasteiger partial charge in [-0.2, -0.15) is 5.26 Å². The van der Waals surface area contributed by atoms with E-state index in [1.165, 1.54) is 0 Å². The summed E-state index contributed by atoms with van der Waals surface area (Å²) in [4.78, 5) is 12.4. The highest BCUT2D eigenvalue weighted by atomic mass is 16.4. The lowest BCUT2D eigenvalue weighted by Crippen LogP contribution is -2.31. The minimum Gasteiger partial charge on any atom is -0.481 e. The van der Waals surface area contributed by atoms with Crippen LogP contribution in [0.25, 0.3) is 0 Å². The van der Waals surface area contributed by atoms with Gasteiger partial charge in [-0.3, -0.25) is 4.79 Å². The van der Waals surface area contributed by atoms with Crippen LogP contribution < -0.4 is 10.6 Å². The number of aliphatic carboxylic acids is 1. The Morgan fingerprint density at radius 2 is 2.24 bits per heavy atom. The molecule has 0 saturated heterocycles. The first-order valence-electron chi connectivity index (χ1n) is 5.34. The predicted molar refractivity (Wildman–Crippen MR) is 64.7 cm³/mol. The molecule has 0 amide bonds. The normalized spacial score (nSPS) is 9.65. The number of anilines is 1. The number of hydrogen-bond donors (Lipinski definition) is 2. The highest BCUT2D eigenvalue weighted by Gasteiger charge is 2.08. The van der Waals surface area contributed by atoms with E-state index < -0.39 is 5.97 Å². The van der Waals surface area contributed by atoms with Crippen LogP contribution in [0, 0.1) is 11.3 Å². The number of rotatable bonds is 6. The zero-order valence-corrected chi connectivity index (χ0v) is 9.47. The first-order chi connectivity index (χ1) is 8.17. The minimum atomic E-state index is -0.844. The Hall–Kier alpha value is -2.06. The maximum absolute atomic E-state index is 10.6. The lowest BCUT2D eigenvalue weighted by atomic mass is 10.2. The molecule has 0 aliphatic heterocycles. The summed E-state index contributed by atoms with van der Waals surface area (Å²) in [5, 5.41) is 17.5. The number of nitrogens with two attached hydrogens (primary N) is 1. The molecule has 0 saturated carbocycles. The summed E-state index contributed by atoms with van der Waals surface area (Å²) in [6.07, 6.45) is 0.0524. The molecule has 3 N–H and O–H groups in total. The molecule has 1 rings (SSSR count). The number of nitrogens with zero attached hydrogens (tertiary/aromatic N) is 2. The summed E-state index contributed by atoms with van der Waals surface area (Å²) >= 11 is 0. The van der Waals surface area contributed by atoms with E-state index in [4.69, 9.17) is 16.1 Å². The third-order valence-corrected chi connectivity index (χ3v) is 2.34. The van der Waals surface area contributed by atoms with E-state index >= 15 is 0 Å². The van der Waals surface area contributed by atoms with Gasteiger partial charge in [0.1, 0.15) is 0 Å². The fourth-order valence-corrected chi connectivity index (χ4v) is 1.53. The standard InChI is InChI=1S/C12H15N3O2/c13-5-7-15(6-4-12(16)17)11-3-1-2-10(8-11)9-14/h1-3,8H,4-7,13H2,(H,16,17). The zero-order chi connectivity index (χ0) is 12.7. The smallest absolute Gasteiger partial charge is 0.305 e. The van der Waals surface area contributed by atoms with E-state index in [-0.39, 0.29) is 6.42 Å². The van der Waals surface area contributed by atoms with Crippen LogP contribution in [0.15, 0.2) is 24.3 Å². The largest absolute Gasteiger partial charge is 0.481 e. The molecular formula is C12H15N3O2. The average molecular weight is 233 g/mol. The Kier molecular flexibility index (Phi) is 4.98. The predicted octanol–water partition coefficient (Wildman–Crippen LogP) is 0.798. The Morgan fingerprint density at radius 1 is 1.47 bits per heavy atom. The average Bonchev–Trinajstić information content (AvgIpc) is 2.34. The molecule has 0 spiro atoms. The molecule has 0 radical (unpaired) electrons. The van der Waals surface area contributed by atoms with Crippen LogP contribution in [0.2, 0.25) is 0 Å². The van der Waals surface area contributed by atoms with Gasteiger partial charge < -0.3 is 15.7 Å². The Labute approximate surface area is 100 Å². The van der Waals surface area contributed by atoms with Gasteiger partial charge in [-0.05, 0) is 18.2 Å². The number of carboxylic acids is 1. The molecule has 90 valence electrons. The highest BCUT2D eigenvalue weighted by Crippen LogP contribution is 2.15. The first-order valence-corrected chi connectivity index (χ1v) is 5.34. The van der Waals surface area contributed by atoms with Crippen LogP contribution in [-0.4, -0.2) is 30.7 Å². The Morgan fingerprint density at radius 3 is 2.82 bits per heavy atom. The topological polar surface area (TPSA) is 90.4 Å². The third-order valence-electron chi connectivity index (χ3n) is 2.34. The van der Waals surface area contributed by atoms with Gasteiger partial charge in [0.2, 0.25) is 0 Å². The summed E-state index contributed by atoms with van der Waals surface area (Å²) < 4.78 is 0. The van der Waals surface area contributed by atoms with Gasteiger partial charge in [0.15, 0.2) is 0 Å². The van der Waals surface area contributed by atoms with Crippen LogP contribution in [0.4, 0.5) is 5.69 Å². The molecule has 0 aliphatic rings. The van der Waals surface area contributed by atoms with Crippen LogP contribution >= 0.6 is 0 Å². The molecule has 0 heterocycles. The second-order valence-corrected chi connectivity index (χ2v) is 3.58. The lowest BCUT2D eigenvalue weighted by molar-refractivity contribution is -0.136. The van der Waals surface area contributed by atoms with Gasteiger partial charge in [-0.1, -0.05) is 6.07 Å². The second kappa shape index (κ2) is 6.51. The summed E-state index contributed by atoms with van der Waals surface area (Å²) in [5.74, 6) is -0.844. The van der Waals surface area contributed by atoms with Crippen molar-refractivity contribution < 1.29 is 9.90 Å². The molecule has 0 aromatic heterocycles. The molecular weight excluding hydrogens is 218 g/mol. The van der Waals surface area contributed by atoms with Gasteiger partial charge in [0, 0.05) is 25.3 Å². The van der Waals surface area contributed by atoms with Crippen LogP contribution in [0.5, 0.6) is 0 Å². The van der Waals surface area contributed by atoms with E-state index in [2.05, 4.69) is 6.07 Å². The summed E-state index contributed by atoms with van der Waals surface area (Å²) in [6, 6.07) is 9.12. The molecule has 5 nitrogen and oxygen atoms in total. The fraction of sp³-hybridized carbons (Fsp3) is 0.333. The van der Waals surface area contributed by atoms with Crippen molar-refractivity contribution in [1.82, 2.24) is 0 Å². The first kappa shape index (κ1) is 13.0. The quantitative estimate of drug-likeness (QED) is 0.758. The molecule has 0 atom stereocenters. The fourth-order valence-electron chi connectivity index (χ4n) is 1.53. The van der Waals surface area contributed by atoms with Crippen LogP contribution in [0.1, 0.15) is 12.0 Å². The van der Waals surface area contributed by atoms with Crippen molar-refractivity contribution in [2.24, 2.45) is 5.73 Å². The summed E-state index contributed by atoms with van der Waals surface area (Å²) in [7, 11) is 0. The molecule has 0 bridgehead atoms. The van der Waals surface area contributed by atoms with E-state index in [1.807, 2.05) is 11.0 Å². The molecule has 1 aromatic rings. The van der Waals surface area contributed by atoms with Gasteiger partial charge in [0.25, 0.3) is 0 Å². The van der Waals surface area contributed by atoms with Gasteiger partial charge >= 0.3 is 5.97 Å².